The highest BCUT2D eigenvalue weighted by atomic mass is 79.9. The second-order valence-corrected chi connectivity index (χ2v) is 8.47. The third-order valence-corrected chi connectivity index (χ3v) is 4.45. The number of halogens is 1. The van der Waals surface area contributed by atoms with Gasteiger partial charge >= 0.3 is 6.09 Å². The first-order chi connectivity index (χ1) is 12.7. The molecule has 2 aromatic rings. The molecule has 0 saturated heterocycles. The lowest BCUT2D eigenvalue weighted by atomic mass is 10.2. The van der Waals surface area contributed by atoms with E-state index in [1.54, 1.807) is 20.8 Å². The second kappa shape index (κ2) is 9.29. The number of carbonyl (C=O) groups excluding carboxylic acids is 2. The molecule has 0 radical (unpaired) electrons. The van der Waals surface area contributed by atoms with Crippen molar-refractivity contribution >= 4 is 44.4 Å². The molecule has 0 fully saturated rings. The number of thiazole rings is 1. The Morgan fingerprint density at radius 1 is 1.33 bits per heavy atom. The van der Waals surface area contributed by atoms with Gasteiger partial charge in [0.25, 0.3) is 5.91 Å². The van der Waals surface area contributed by atoms with Crippen molar-refractivity contribution in [3.05, 3.63) is 34.1 Å². The Morgan fingerprint density at radius 3 is 2.70 bits per heavy atom. The number of nitrogens with one attached hydrogen (secondary N) is 2. The summed E-state index contributed by atoms with van der Waals surface area (Å²) in [4.78, 5) is 28.9. The van der Waals surface area contributed by atoms with Gasteiger partial charge in [-0.2, -0.15) is 0 Å². The molecule has 0 spiro atoms. The van der Waals surface area contributed by atoms with Gasteiger partial charge < -0.3 is 20.1 Å². The van der Waals surface area contributed by atoms with Crippen LogP contribution in [0.25, 0.3) is 11.3 Å². The maximum Gasteiger partial charge on any atom is 0.408 e. The Kier molecular flexibility index (Phi) is 7.34. The number of anilines is 1. The molecule has 0 aliphatic rings. The molecular formula is C18H22BrN3O4S. The highest BCUT2D eigenvalue weighted by molar-refractivity contribution is 9.10. The topological polar surface area (TPSA) is 89.5 Å². The second-order valence-electron chi connectivity index (χ2n) is 6.69. The number of alkyl carbamates (subject to hydrolysis) is 1. The van der Waals surface area contributed by atoms with E-state index in [2.05, 4.69) is 31.5 Å². The number of hydrogen-bond acceptors (Lipinski definition) is 6. The summed E-state index contributed by atoms with van der Waals surface area (Å²) in [6.07, 6.45) is -0.686. The average molecular weight is 456 g/mol. The van der Waals surface area contributed by atoms with Crippen molar-refractivity contribution in [1.29, 1.82) is 0 Å². The third-order valence-electron chi connectivity index (χ3n) is 3.20. The molecule has 0 aliphatic heterocycles. The van der Waals surface area contributed by atoms with E-state index >= 15 is 0 Å². The predicted octanol–water partition coefficient (Wildman–Crippen LogP) is 4.05. The van der Waals surface area contributed by atoms with Crippen LogP contribution < -0.4 is 10.6 Å². The number of rotatable bonds is 6. The Bertz CT molecular complexity index is 804. The first-order valence-electron chi connectivity index (χ1n) is 8.19. The summed E-state index contributed by atoms with van der Waals surface area (Å²) in [6.45, 7) is 5.25. The van der Waals surface area contributed by atoms with Gasteiger partial charge in [0.15, 0.2) is 5.13 Å². The van der Waals surface area contributed by atoms with Crippen molar-refractivity contribution in [2.24, 2.45) is 0 Å². The van der Waals surface area contributed by atoms with Gasteiger partial charge in [-0.3, -0.25) is 4.79 Å². The zero-order valence-electron chi connectivity index (χ0n) is 15.5. The molecule has 27 heavy (non-hydrogen) atoms. The lowest BCUT2D eigenvalue weighted by molar-refractivity contribution is -0.119. The van der Waals surface area contributed by atoms with Crippen LogP contribution in [0.4, 0.5) is 9.93 Å². The molecule has 1 atom stereocenters. The van der Waals surface area contributed by atoms with Crippen LogP contribution in [0.15, 0.2) is 34.1 Å². The molecule has 9 heteroatoms. The Morgan fingerprint density at radius 2 is 2.07 bits per heavy atom. The third kappa shape index (κ3) is 6.93. The monoisotopic (exact) mass is 455 g/mol. The predicted molar refractivity (Wildman–Crippen MR) is 109 cm³/mol. The zero-order valence-corrected chi connectivity index (χ0v) is 17.9. The fourth-order valence-electron chi connectivity index (χ4n) is 2.10. The number of ether oxygens (including phenoxy) is 2. The number of hydrogen-bond donors (Lipinski definition) is 2. The zero-order chi connectivity index (χ0) is 20.0. The highest BCUT2D eigenvalue weighted by Crippen LogP contribution is 2.26. The quantitative estimate of drug-likeness (QED) is 0.685. The molecule has 0 aliphatic carbocycles. The van der Waals surface area contributed by atoms with E-state index in [4.69, 9.17) is 9.47 Å². The minimum atomic E-state index is -0.900. The summed E-state index contributed by atoms with van der Waals surface area (Å²) in [5.41, 5.74) is 1.02. The van der Waals surface area contributed by atoms with E-state index in [-0.39, 0.29) is 6.61 Å². The van der Waals surface area contributed by atoms with Crippen molar-refractivity contribution in [3.8, 4) is 11.3 Å². The number of amides is 2. The Labute approximate surface area is 170 Å². The van der Waals surface area contributed by atoms with Gasteiger partial charge in [-0.15, -0.1) is 11.3 Å². The minimum Gasteiger partial charge on any atom is -0.444 e. The summed E-state index contributed by atoms with van der Waals surface area (Å²) in [5, 5.41) is 7.50. The van der Waals surface area contributed by atoms with Gasteiger partial charge in [0, 0.05) is 22.5 Å². The first kappa shape index (κ1) is 21.3. The molecule has 2 N–H and O–H groups in total. The highest BCUT2D eigenvalue weighted by Gasteiger charge is 2.25. The fraction of sp³-hybridized carbons (Fsp3) is 0.389. The molecule has 2 rings (SSSR count). The maximum atomic E-state index is 12.5. The lowest BCUT2D eigenvalue weighted by Gasteiger charge is -2.22. The minimum absolute atomic E-state index is 0.00887. The molecule has 0 bridgehead atoms. The smallest absolute Gasteiger partial charge is 0.408 e. The van der Waals surface area contributed by atoms with Crippen LogP contribution in [0.2, 0.25) is 0 Å². The van der Waals surface area contributed by atoms with Gasteiger partial charge in [-0.05, 0) is 32.9 Å². The average Bonchev–Trinajstić information content (AvgIpc) is 3.01. The standard InChI is InChI=1S/C18H22BrN3O4S/c1-18(2,3)26-17(24)21-13(9-25-4)15(23)22-16-20-14(10-27-16)11-6-5-7-12(19)8-11/h5-8,10,13H,9H2,1-4H3,(H,21,24)(H,20,22,23). The van der Waals surface area contributed by atoms with E-state index in [0.29, 0.717) is 5.13 Å². The molecule has 146 valence electrons. The number of carbonyl (C=O) groups is 2. The van der Waals surface area contributed by atoms with Crippen molar-refractivity contribution in [2.75, 3.05) is 19.0 Å². The normalized spacial score (nSPS) is 12.3. The molecule has 0 saturated carbocycles. The van der Waals surface area contributed by atoms with Crippen molar-refractivity contribution in [2.45, 2.75) is 32.4 Å². The van der Waals surface area contributed by atoms with Crippen LogP contribution in [0.1, 0.15) is 20.8 Å². The molecule has 1 aromatic carbocycles. The number of aromatic nitrogens is 1. The summed E-state index contributed by atoms with van der Waals surface area (Å²) in [7, 11) is 1.45. The SMILES string of the molecule is COCC(NC(=O)OC(C)(C)C)C(=O)Nc1nc(-c2cccc(Br)c2)cs1. The largest absolute Gasteiger partial charge is 0.444 e. The molecule has 1 unspecified atom stereocenters. The van der Waals surface area contributed by atoms with Crippen LogP contribution in [0.3, 0.4) is 0 Å². The van der Waals surface area contributed by atoms with E-state index in [1.165, 1.54) is 18.4 Å². The van der Waals surface area contributed by atoms with Crippen molar-refractivity contribution < 1.29 is 19.1 Å². The maximum absolute atomic E-state index is 12.5. The van der Waals surface area contributed by atoms with E-state index < -0.39 is 23.6 Å². The summed E-state index contributed by atoms with van der Waals surface area (Å²) in [6, 6.07) is 6.82. The number of methoxy groups -OCH3 is 1. The summed E-state index contributed by atoms with van der Waals surface area (Å²) >= 11 is 4.73. The molecular weight excluding hydrogens is 434 g/mol. The lowest BCUT2D eigenvalue weighted by Crippen LogP contribution is -2.48. The van der Waals surface area contributed by atoms with Gasteiger partial charge in [-0.1, -0.05) is 28.1 Å². The van der Waals surface area contributed by atoms with Crippen LogP contribution in [-0.4, -0.2) is 42.3 Å². The Balaban J connectivity index is 2.04. The molecule has 1 heterocycles. The van der Waals surface area contributed by atoms with Crippen molar-refractivity contribution in [3.63, 3.8) is 0 Å². The molecule has 2 amide bonds. The Hall–Kier alpha value is -1.97. The first-order valence-corrected chi connectivity index (χ1v) is 9.86. The van der Waals surface area contributed by atoms with Crippen molar-refractivity contribution in [1.82, 2.24) is 10.3 Å². The van der Waals surface area contributed by atoms with E-state index in [0.717, 1.165) is 15.7 Å². The van der Waals surface area contributed by atoms with Crippen LogP contribution >= 0.6 is 27.3 Å². The molecule has 7 nitrogen and oxygen atoms in total. The van der Waals surface area contributed by atoms with Gasteiger partial charge in [-0.25, -0.2) is 9.78 Å². The van der Waals surface area contributed by atoms with Gasteiger partial charge in [0.1, 0.15) is 11.6 Å². The van der Waals surface area contributed by atoms with Crippen LogP contribution in [-0.2, 0) is 14.3 Å². The van der Waals surface area contributed by atoms with Gasteiger partial charge in [0.05, 0.1) is 12.3 Å². The summed E-state index contributed by atoms with van der Waals surface area (Å²) < 4.78 is 11.2. The van der Waals surface area contributed by atoms with Crippen LogP contribution in [0.5, 0.6) is 0 Å². The fourth-order valence-corrected chi connectivity index (χ4v) is 3.23. The van der Waals surface area contributed by atoms with E-state index in [9.17, 15) is 9.59 Å². The van der Waals surface area contributed by atoms with Crippen LogP contribution in [0, 0.1) is 0 Å². The number of benzene rings is 1. The summed E-state index contributed by atoms with van der Waals surface area (Å²) in [5.74, 6) is -0.433. The number of nitrogens with zero attached hydrogens (tertiary/aromatic N) is 1. The molecule has 1 aromatic heterocycles. The van der Waals surface area contributed by atoms with Gasteiger partial charge in [0.2, 0.25) is 0 Å². The van der Waals surface area contributed by atoms with E-state index in [1.807, 2.05) is 29.6 Å².